The van der Waals surface area contributed by atoms with Crippen LogP contribution in [0.4, 0.5) is 0 Å². The molecule has 2 aromatic rings. The summed E-state index contributed by atoms with van der Waals surface area (Å²) < 4.78 is 6.82. The second-order valence-electron chi connectivity index (χ2n) is 5.93. The number of nitrogens with one attached hydrogen (secondary N) is 1. The monoisotopic (exact) mass is 430 g/mol. The number of nitrogens with zero attached hydrogens (tertiary/aromatic N) is 4. The van der Waals surface area contributed by atoms with Crippen molar-refractivity contribution in [3.8, 4) is 11.4 Å². The van der Waals surface area contributed by atoms with Crippen LogP contribution in [-0.4, -0.2) is 33.6 Å². The largest absolute Gasteiger partial charge is 0.497 e. The van der Waals surface area contributed by atoms with Gasteiger partial charge in [0, 0.05) is 5.54 Å². The molecule has 1 aromatic heterocycles. The van der Waals surface area contributed by atoms with Crippen LogP contribution in [0.3, 0.4) is 0 Å². The Hall–Kier alpha value is -1.84. The fourth-order valence-corrected chi connectivity index (χ4v) is 1.82. The van der Waals surface area contributed by atoms with Crippen LogP contribution in [-0.2, 0) is 6.54 Å². The zero-order chi connectivity index (χ0) is 16.2. The highest BCUT2D eigenvalue weighted by atomic mass is 127. The number of nitrogens with two attached hydrogens (primary N) is 1. The van der Waals surface area contributed by atoms with E-state index in [1.165, 1.54) is 0 Å². The third kappa shape index (κ3) is 6.05. The van der Waals surface area contributed by atoms with Crippen molar-refractivity contribution >= 4 is 29.9 Å². The third-order valence-corrected chi connectivity index (χ3v) is 2.79. The van der Waals surface area contributed by atoms with E-state index in [2.05, 4.69) is 20.6 Å². The Labute approximate surface area is 153 Å². The van der Waals surface area contributed by atoms with E-state index in [1.807, 2.05) is 51.2 Å². The van der Waals surface area contributed by atoms with E-state index in [0.717, 1.165) is 17.1 Å². The predicted molar refractivity (Wildman–Crippen MR) is 102 cm³/mol. The van der Waals surface area contributed by atoms with Gasteiger partial charge in [-0.2, -0.15) is 0 Å². The van der Waals surface area contributed by atoms with E-state index < -0.39 is 0 Å². The number of benzene rings is 1. The molecule has 0 saturated carbocycles. The van der Waals surface area contributed by atoms with Crippen LogP contribution in [0.15, 0.2) is 35.5 Å². The summed E-state index contributed by atoms with van der Waals surface area (Å²) in [4.78, 5) is 4.26. The molecule has 0 aliphatic carbocycles. The van der Waals surface area contributed by atoms with Gasteiger partial charge in [-0.1, -0.05) is 5.21 Å². The van der Waals surface area contributed by atoms with Crippen molar-refractivity contribution < 1.29 is 4.74 Å². The van der Waals surface area contributed by atoms with E-state index in [9.17, 15) is 0 Å². The molecule has 7 nitrogen and oxygen atoms in total. The van der Waals surface area contributed by atoms with Gasteiger partial charge in [0.15, 0.2) is 5.96 Å². The number of hydrogen-bond donors (Lipinski definition) is 2. The van der Waals surface area contributed by atoms with Crippen molar-refractivity contribution in [3.63, 3.8) is 0 Å². The Morgan fingerprint density at radius 1 is 1.30 bits per heavy atom. The number of rotatable bonds is 4. The van der Waals surface area contributed by atoms with Gasteiger partial charge in [0.2, 0.25) is 0 Å². The van der Waals surface area contributed by atoms with Crippen LogP contribution < -0.4 is 15.8 Å². The summed E-state index contributed by atoms with van der Waals surface area (Å²) in [5, 5.41) is 11.3. The summed E-state index contributed by atoms with van der Waals surface area (Å²) in [5.74, 6) is 1.20. The summed E-state index contributed by atoms with van der Waals surface area (Å²) in [6.45, 7) is 6.45. The van der Waals surface area contributed by atoms with Crippen molar-refractivity contribution in [3.05, 3.63) is 36.2 Å². The number of ether oxygens (including phenoxy) is 1. The van der Waals surface area contributed by atoms with E-state index in [4.69, 9.17) is 10.5 Å². The first kappa shape index (κ1) is 19.2. The maximum Gasteiger partial charge on any atom is 0.189 e. The van der Waals surface area contributed by atoms with Gasteiger partial charge in [-0.3, -0.25) is 0 Å². The van der Waals surface area contributed by atoms with Crippen LogP contribution >= 0.6 is 24.0 Å². The fraction of sp³-hybridized carbons (Fsp3) is 0.400. The topological polar surface area (TPSA) is 90.3 Å². The molecule has 0 radical (unpaired) electrons. The Morgan fingerprint density at radius 2 is 1.96 bits per heavy atom. The smallest absolute Gasteiger partial charge is 0.189 e. The van der Waals surface area contributed by atoms with Crippen molar-refractivity contribution in [2.75, 3.05) is 7.11 Å². The van der Waals surface area contributed by atoms with Crippen molar-refractivity contribution in [1.82, 2.24) is 20.3 Å². The molecule has 0 aliphatic rings. The van der Waals surface area contributed by atoms with Gasteiger partial charge in [0.25, 0.3) is 0 Å². The standard InChI is InChI=1S/C15H22N6O.HI/c1-15(2,3)18-14(16)17-9-11-10-21(20-19-11)12-5-7-13(22-4)8-6-12;/h5-8,10H,9H2,1-4H3,(H3,16,17,18);1H. The predicted octanol–water partition coefficient (Wildman–Crippen LogP) is 2.10. The van der Waals surface area contributed by atoms with Crippen molar-refractivity contribution in [2.45, 2.75) is 32.9 Å². The van der Waals surface area contributed by atoms with Crippen LogP contribution in [0.1, 0.15) is 26.5 Å². The quantitative estimate of drug-likeness (QED) is 0.441. The highest BCUT2D eigenvalue weighted by molar-refractivity contribution is 14.0. The van der Waals surface area contributed by atoms with E-state index in [1.54, 1.807) is 11.8 Å². The van der Waals surface area contributed by atoms with Gasteiger partial charge >= 0.3 is 0 Å². The van der Waals surface area contributed by atoms with E-state index in [-0.39, 0.29) is 29.5 Å². The van der Waals surface area contributed by atoms with Gasteiger partial charge in [-0.15, -0.1) is 29.1 Å². The lowest BCUT2D eigenvalue weighted by Crippen LogP contribution is -2.44. The second-order valence-corrected chi connectivity index (χ2v) is 5.93. The van der Waals surface area contributed by atoms with Gasteiger partial charge in [0.1, 0.15) is 11.4 Å². The molecular formula is C15H23IN6O. The maximum atomic E-state index is 5.83. The summed E-state index contributed by atoms with van der Waals surface area (Å²) in [5.41, 5.74) is 7.36. The normalized spacial score (nSPS) is 11.7. The molecule has 0 atom stereocenters. The molecule has 3 N–H and O–H groups in total. The Bertz CT molecular complexity index is 645. The van der Waals surface area contributed by atoms with Crippen LogP contribution in [0.25, 0.3) is 5.69 Å². The molecule has 0 aliphatic heterocycles. The SMILES string of the molecule is COc1ccc(-n2cc(CN=C(N)NC(C)(C)C)nn2)cc1.I. The van der Waals surface area contributed by atoms with Gasteiger partial charge < -0.3 is 15.8 Å². The zero-order valence-corrected chi connectivity index (χ0v) is 16.1. The Morgan fingerprint density at radius 3 is 2.52 bits per heavy atom. The molecule has 0 unspecified atom stereocenters. The van der Waals surface area contributed by atoms with Crippen LogP contribution in [0.5, 0.6) is 5.75 Å². The Balaban J connectivity index is 0.00000264. The first-order chi connectivity index (χ1) is 10.4. The average Bonchev–Trinajstić information content (AvgIpc) is 2.92. The first-order valence-electron chi connectivity index (χ1n) is 7.01. The molecule has 0 spiro atoms. The minimum atomic E-state index is -0.117. The fourth-order valence-electron chi connectivity index (χ4n) is 1.82. The number of aliphatic imine (C=N–C) groups is 1. The van der Waals surface area contributed by atoms with Gasteiger partial charge in [-0.25, -0.2) is 9.67 Å². The zero-order valence-electron chi connectivity index (χ0n) is 13.8. The lowest BCUT2D eigenvalue weighted by atomic mass is 10.1. The third-order valence-electron chi connectivity index (χ3n) is 2.79. The first-order valence-corrected chi connectivity index (χ1v) is 7.01. The molecule has 1 aromatic carbocycles. The number of hydrogen-bond acceptors (Lipinski definition) is 4. The second kappa shape index (κ2) is 8.14. The van der Waals surface area contributed by atoms with Gasteiger partial charge in [-0.05, 0) is 45.0 Å². The summed E-state index contributed by atoms with van der Waals surface area (Å²) in [6, 6.07) is 7.58. The molecule has 0 bridgehead atoms. The minimum absolute atomic E-state index is 0. The van der Waals surface area contributed by atoms with Crippen molar-refractivity contribution in [2.24, 2.45) is 10.7 Å². The summed E-state index contributed by atoms with van der Waals surface area (Å²) >= 11 is 0. The molecule has 1 heterocycles. The molecule has 2 rings (SSSR count). The molecule has 23 heavy (non-hydrogen) atoms. The molecular weight excluding hydrogens is 407 g/mol. The molecule has 0 amide bonds. The Kier molecular flexibility index (Phi) is 6.79. The summed E-state index contributed by atoms with van der Waals surface area (Å²) in [6.07, 6.45) is 1.83. The van der Waals surface area contributed by atoms with Gasteiger partial charge in [0.05, 0.1) is 25.5 Å². The van der Waals surface area contributed by atoms with E-state index in [0.29, 0.717) is 12.5 Å². The highest BCUT2D eigenvalue weighted by Crippen LogP contribution is 2.14. The number of halogens is 1. The van der Waals surface area contributed by atoms with E-state index >= 15 is 0 Å². The van der Waals surface area contributed by atoms with Crippen LogP contribution in [0, 0.1) is 0 Å². The molecule has 0 saturated heterocycles. The molecule has 126 valence electrons. The highest BCUT2D eigenvalue weighted by Gasteiger charge is 2.10. The lowest BCUT2D eigenvalue weighted by molar-refractivity contribution is 0.414. The minimum Gasteiger partial charge on any atom is -0.497 e. The van der Waals surface area contributed by atoms with Crippen molar-refractivity contribution in [1.29, 1.82) is 0 Å². The number of methoxy groups -OCH3 is 1. The average molecular weight is 430 g/mol. The lowest BCUT2D eigenvalue weighted by Gasteiger charge is -2.20. The summed E-state index contributed by atoms with van der Waals surface area (Å²) in [7, 11) is 1.64. The molecule has 8 heteroatoms. The van der Waals surface area contributed by atoms with Crippen LogP contribution in [0.2, 0.25) is 0 Å². The number of guanidine groups is 1. The molecule has 0 fully saturated rings. The maximum absolute atomic E-state index is 5.83. The number of aromatic nitrogens is 3.